The van der Waals surface area contributed by atoms with E-state index in [0.29, 0.717) is 10.5 Å². The average molecular weight is 350 g/mol. The average Bonchev–Trinajstić information content (AvgIpc) is 2.19. The van der Waals surface area contributed by atoms with Crippen molar-refractivity contribution in [1.29, 1.82) is 0 Å². The first kappa shape index (κ1) is 11.4. The van der Waals surface area contributed by atoms with E-state index in [1.54, 1.807) is 12.1 Å². The summed E-state index contributed by atoms with van der Waals surface area (Å²) in [6, 6.07) is 3.30. The van der Waals surface area contributed by atoms with E-state index >= 15 is 0 Å². The van der Waals surface area contributed by atoms with Crippen molar-refractivity contribution in [1.82, 2.24) is 4.98 Å². The van der Waals surface area contributed by atoms with Crippen molar-refractivity contribution in [2.75, 3.05) is 0 Å². The number of rotatable bonds is 1. The van der Waals surface area contributed by atoms with Crippen molar-refractivity contribution in [2.24, 2.45) is 0 Å². The number of carboxylic acids is 1. The van der Waals surface area contributed by atoms with Crippen LogP contribution < -0.4 is 5.43 Å². The lowest BCUT2D eigenvalue weighted by molar-refractivity contribution is 0.0695. The van der Waals surface area contributed by atoms with Gasteiger partial charge in [0.25, 0.3) is 0 Å². The van der Waals surface area contributed by atoms with Crippen LogP contribution in [0.15, 0.2) is 23.1 Å². The normalized spacial score (nSPS) is 10.6. The first-order chi connectivity index (χ1) is 7.50. The Morgan fingerprint density at radius 3 is 2.75 bits per heavy atom. The molecule has 1 heterocycles. The maximum absolute atomic E-state index is 11.8. The second-order valence-corrected chi connectivity index (χ2v) is 4.80. The van der Waals surface area contributed by atoms with E-state index in [-0.39, 0.29) is 10.9 Å². The molecule has 0 saturated heterocycles. The van der Waals surface area contributed by atoms with Crippen LogP contribution in [-0.2, 0) is 0 Å². The fourth-order valence-corrected chi connectivity index (χ4v) is 2.49. The number of halogens is 2. The Bertz CT molecular complexity index is 650. The minimum absolute atomic E-state index is 0.287. The number of H-pyrrole nitrogens is 1. The van der Waals surface area contributed by atoms with Gasteiger partial charge in [0.2, 0.25) is 5.43 Å². The molecule has 1 aromatic heterocycles. The van der Waals surface area contributed by atoms with Crippen LogP contribution in [0.3, 0.4) is 0 Å². The summed E-state index contributed by atoms with van der Waals surface area (Å²) in [5.74, 6) is -1.25. The highest BCUT2D eigenvalue weighted by Gasteiger charge is 2.13. The van der Waals surface area contributed by atoms with Gasteiger partial charge in [-0.1, -0.05) is 11.6 Å². The fourth-order valence-electron chi connectivity index (χ4n) is 1.41. The summed E-state index contributed by atoms with van der Waals surface area (Å²) < 4.78 is 0.781. The van der Waals surface area contributed by atoms with Crippen molar-refractivity contribution < 1.29 is 9.90 Å². The summed E-state index contributed by atoms with van der Waals surface area (Å²) in [7, 11) is 0. The van der Waals surface area contributed by atoms with Gasteiger partial charge in [-0.25, -0.2) is 4.79 Å². The lowest BCUT2D eigenvalue weighted by Crippen LogP contribution is -2.15. The van der Waals surface area contributed by atoms with E-state index in [1.807, 2.05) is 22.6 Å². The van der Waals surface area contributed by atoms with E-state index in [4.69, 9.17) is 16.7 Å². The Labute approximate surface area is 108 Å². The molecule has 0 aliphatic carbocycles. The monoisotopic (exact) mass is 349 g/mol. The van der Waals surface area contributed by atoms with Crippen molar-refractivity contribution in [3.05, 3.63) is 42.7 Å². The zero-order valence-electron chi connectivity index (χ0n) is 7.75. The third kappa shape index (κ3) is 1.80. The van der Waals surface area contributed by atoms with E-state index in [0.717, 1.165) is 9.77 Å². The largest absolute Gasteiger partial charge is 0.477 e. The van der Waals surface area contributed by atoms with Crippen LogP contribution in [-0.4, -0.2) is 16.1 Å². The summed E-state index contributed by atoms with van der Waals surface area (Å²) in [5, 5.41) is 9.50. The number of aromatic amines is 1. The number of hydrogen-bond donors (Lipinski definition) is 2. The summed E-state index contributed by atoms with van der Waals surface area (Å²) in [6.07, 6.45) is 1.16. The Balaban J connectivity index is 2.95. The Morgan fingerprint density at radius 1 is 1.44 bits per heavy atom. The molecule has 0 amide bonds. The van der Waals surface area contributed by atoms with Crippen LogP contribution in [0.2, 0.25) is 5.02 Å². The molecule has 0 bridgehead atoms. The molecule has 0 unspecified atom stereocenters. The topological polar surface area (TPSA) is 70.2 Å². The van der Waals surface area contributed by atoms with Gasteiger partial charge in [0.1, 0.15) is 5.56 Å². The Hall–Kier alpha value is -1.08. The number of aromatic nitrogens is 1. The van der Waals surface area contributed by atoms with E-state index in [9.17, 15) is 9.59 Å². The second kappa shape index (κ2) is 4.06. The van der Waals surface area contributed by atoms with Gasteiger partial charge in [-0.15, -0.1) is 0 Å². The van der Waals surface area contributed by atoms with Crippen molar-refractivity contribution in [3.63, 3.8) is 0 Å². The Morgan fingerprint density at radius 2 is 2.12 bits per heavy atom. The third-order valence-electron chi connectivity index (χ3n) is 2.14. The number of benzene rings is 1. The van der Waals surface area contributed by atoms with Gasteiger partial charge in [-0.2, -0.15) is 0 Å². The van der Waals surface area contributed by atoms with E-state index in [1.165, 1.54) is 0 Å². The highest BCUT2D eigenvalue weighted by atomic mass is 127. The predicted octanol–water partition coefficient (Wildman–Crippen LogP) is 2.48. The standard InChI is InChI=1S/C10H5ClINO3/c11-7-2-4(12)1-5-8(7)13-3-6(9(5)14)10(15)16/h1-3H,(H,13,14)(H,15,16). The molecular formula is C10H5ClINO3. The van der Waals surface area contributed by atoms with Crippen LogP contribution in [0.4, 0.5) is 0 Å². The van der Waals surface area contributed by atoms with Crippen LogP contribution >= 0.6 is 34.2 Å². The van der Waals surface area contributed by atoms with Gasteiger partial charge in [-0.05, 0) is 34.7 Å². The summed E-state index contributed by atoms with van der Waals surface area (Å²) in [5.41, 5.74) is -0.357. The quantitative estimate of drug-likeness (QED) is 0.777. The SMILES string of the molecule is O=C(O)c1c[nH]c2c(Cl)cc(I)cc2c1=O. The van der Waals surface area contributed by atoms with Crippen molar-refractivity contribution >= 4 is 51.1 Å². The smallest absolute Gasteiger partial charge is 0.341 e. The van der Waals surface area contributed by atoms with Crippen molar-refractivity contribution in [3.8, 4) is 0 Å². The van der Waals surface area contributed by atoms with Crippen LogP contribution in [0, 0.1) is 3.57 Å². The third-order valence-corrected chi connectivity index (χ3v) is 3.06. The Kier molecular flexibility index (Phi) is 2.90. The zero-order chi connectivity index (χ0) is 11.9. The lowest BCUT2D eigenvalue weighted by Gasteiger charge is -2.02. The molecule has 0 radical (unpaired) electrons. The van der Waals surface area contributed by atoms with Gasteiger partial charge in [0.05, 0.1) is 10.5 Å². The lowest BCUT2D eigenvalue weighted by atomic mass is 10.1. The highest BCUT2D eigenvalue weighted by molar-refractivity contribution is 14.1. The van der Waals surface area contributed by atoms with E-state index < -0.39 is 11.4 Å². The number of carbonyl (C=O) groups is 1. The maximum atomic E-state index is 11.8. The van der Waals surface area contributed by atoms with Gasteiger partial charge >= 0.3 is 5.97 Å². The first-order valence-electron chi connectivity index (χ1n) is 4.24. The molecule has 2 N–H and O–H groups in total. The zero-order valence-corrected chi connectivity index (χ0v) is 10.7. The van der Waals surface area contributed by atoms with Gasteiger partial charge < -0.3 is 10.1 Å². The predicted molar refractivity (Wildman–Crippen MR) is 69.3 cm³/mol. The molecule has 0 spiro atoms. The molecule has 0 aliphatic rings. The summed E-state index contributed by atoms with van der Waals surface area (Å²) in [4.78, 5) is 25.3. The minimum Gasteiger partial charge on any atom is -0.477 e. The molecular weight excluding hydrogens is 344 g/mol. The van der Waals surface area contributed by atoms with Crippen LogP contribution in [0.5, 0.6) is 0 Å². The second-order valence-electron chi connectivity index (χ2n) is 3.15. The molecule has 16 heavy (non-hydrogen) atoms. The molecule has 0 atom stereocenters. The molecule has 6 heteroatoms. The van der Waals surface area contributed by atoms with Gasteiger partial charge in [0, 0.05) is 15.2 Å². The summed E-state index contributed by atoms with van der Waals surface area (Å²) >= 11 is 7.96. The number of carboxylic acid groups (broad SMARTS) is 1. The number of hydrogen-bond acceptors (Lipinski definition) is 2. The molecule has 0 aliphatic heterocycles. The minimum atomic E-state index is -1.25. The van der Waals surface area contributed by atoms with Gasteiger partial charge in [0.15, 0.2) is 0 Å². The molecule has 0 fully saturated rings. The number of nitrogens with one attached hydrogen (secondary N) is 1. The number of fused-ring (bicyclic) bond motifs is 1. The molecule has 1 aromatic carbocycles. The molecule has 0 saturated carbocycles. The molecule has 82 valence electrons. The molecule has 2 aromatic rings. The maximum Gasteiger partial charge on any atom is 0.341 e. The number of aromatic carboxylic acids is 1. The van der Waals surface area contributed by atoms with Crippen LogP contribution in [0.1, 0.15) is 10.4 Å². The van der Waals surface area contributed by atoms with E-state index in [2.05, 4.69) is 4.98 Å². The highest BCUT2D eigenvalue weighted by Crippen LogP contribution is 2.22. The fraction of sp³-hybridized carbons (Fsp3) is 0. The van der Waals surface area contributed by atoms with Crippen molar-refractivity contribution in [2.45, 2.75) is 0 Å². The number of pyridine rings is 1. The molecule has 4 nitrogen and oxygen atoms in total. The first-order valence-corrected chi connectivity index (χ1v) is 5.70. The van der Waals surface area contributed by atoms with Crippen LogP contribution in [0.25, 0.3) is 10.9 Å². The molecule has 2 rings (SSSR count). The summed E-state index contributed by atoms with van der Waals surface area (Å²) in [6.45, 7) is 0. The van der Waals surface area contributed by atoms with Gasteiger partial charge in [-0.3, -0.25) is 4.79 Å².